The molecule has 3 amide bonds. The maximum atomic E-state index is 13.2. The van der Waals surface area contributed by atoms with E-state index in [4.69, 9.17) is 4.74 Å². The molecule has 31 heavy (non-hydrogen) atoms. The van der Waals surface area contributed by atoms with E-state index in [1.54, 1.807) is 53.7 Å². The van der Waals surface area contributed by atoms with Crippen molar-refractivity contribution >= 4 is 17.9 Å². The summed E-state index contributed by atoms with van der Waals surface area (Å²) in [5.74, 6) is -1.31. The summed E-state index contributed by atoms with van der Waals surface area (Å²) in [5, 5.41) is 25.2. The van der Waals surface area contributed by atoms with Crippen molar-refractivity contribution in [1.29, 1.82) is 0 Å². The lowest BCUT2D eigenvalue weighted by molar-refractivity contribution is -0.143. The highest BCUT2D eigenvalue weighted by molar-refractivity contribution is 5.92. The van der Waals surface area contributed by atoms with Crippen molar-refractivity contribution in [3.8, 4) is 5.75 Å². The molecular formula is C22H35N3O6. The number of alkyl carbamates (subject to hydrolysis) is 1. The van der Waals surface area contributed by atoms with Gasteiger partial charge in [-0.3, -0.25) is 9.59 Å². The summed E-state index contributed by atoms with van der Waals surface area (Å²) < 4.78 is 5.19. The van der Waals surface area contributed by atoms with E-state index in [0.29, 0.717) is 0 Å². The highest BCUT2D eigenvalue weighted by Gasteiger charge is 2.36. The van der Waals surface area contributed by atoms with Gasteiger partial charge in [0.1, 0.15) is 23.4 Å². The van der Waals surface area contributed by atoms with Crippen molar-refractivity contribution in [3.05, 3.63) is 29.8 Å². The second kappa shape index (κ2) is 10.5. The van der Waals surface area contributed by atoms with Gasteiger partial charge in [-0.05, 0) is 54.5 Å². The molecule has 4 N–H and O–H groups in total. The van der Waals surface area contributed by atoms with Gasteiger partial charge < -0.3 is 30.5 Å². The Hall–Kier alpha value is -2.81. The normalized spacial score (nSPS) is 13.7. The first kappa shape index (κ1) is 26.2. The maximum Gasteiger partial charge on any atom is 0.408 e. The number of aromatic hydroxyl groups is 1. The van der Waals surface area contributed by atoms with Crippen LogP contribution in [-0.4, -0.2) is 63.4 Å². The smallest absolute Gasteiger partial charge is 0.408 e. The van der Waals surface area contributed by atoms with Gasteiger partial charge in [0.05, 0.1) is 6.61 Å². The second-order valence-electron chi connectivity index (χ2n) is 9.32. The van der Waals surface area contributed by atoms with E-state index >= 15 is 0 Å². The number of amides is 3. The van der Waals surface area contributed by atoms with E-state index in [1.165, 1.54) is 19.1 Å². The Morgan fingerprint density at radius 1 is 1.10 bits per heavy atom. The van der Waals surface area contributed by atoms with E-state index < -0.39 is 47.7 Å². The summed E-state index contributed by atoms with van der Waals surface area (Å²) in [6.45, 7) is 11.3. The van der Waals surface area contributed by atoms with Gasteiger partial charge in [-0.2, -0.15) is 0 Å². The molecule has 0 aliphatic carbocycles. The molecule has 0 saturated heterocycles. The van der Waals surface area contributed by atoms with Crippen molar-refractivity contribution in [2.75, 3.05) is 13.2 Å². The van der Waals surface area contributed by atoms with Gasteiger partial charge >= 0.3 is 6.09 Å². The monoisotopic (exact) mass is 437 g/mol. The Morgan fingerprint density at radius 3 is 2.16 bits per heavy atom. The van der Waals surface area contributed by atoms with Gasteiger partial charge in [-0.1, -0.05) is 18.2 Å². The van der Waals surface area contributed by atoms with Crippen LogP contribution in [0, 0.1) is 0 Å². The number of hydrogen-bond acceptors (Lipinski definition) is 6. The van der Waals surface area contributed by atoms with Gasteiger partial charge in [-0.15, -0.1) is 0 Å². The van der Waals surface area contributed by atoms with Gasteiger partial charge in [0, 0.05) is 17.6 Å². The molecule has 2 atom stereocenters. The zero-order valence-corrected chi connectivity index (χ0v) is 19.4. The molecule has 0 heterocycles. The minimum Gasteiger partial charge on any atom is -0.508 e. The molecule has 1 aromatic rings. The topological polar surface area (TPSA) is 128 Å². The molecular weight excluding hydrogens is 402 g/mol. The Kier molecular flexibility index (Phi) is 8.86. The number of phenols is 1. The van der Waals surface area contributed by atoms with E-state index in [1.807, 2.05) is 0 Å². The number of benzene rings is 1. The van der Waals surface area contributed by atoms with Crippen molar-refractivity contribution in [2.24, 2.45) is 0 Å². The third-order valence-corrected chi connectivity index (χ3v) is 4.02. The van der Waals surface area contributed by atoms with Crippen LogP contribution in [0.2, 0.25) is 0 Å². The van der Waals surface area contributed by atoms with Crippen molar-refractivity contribution in [1.82, 2.24) is 15.5 Å². The molecule has 0 fully saturated rings. The fourth-order valence-electron chi connectivity index (χ4n) is 2.88. The number of aliphatic hydroxyl groups is 1. The van der Waals surface area contributed by atoms with Crippen LogP contribution >= 0.6 is 0 Å². The highest BCUT2D eigenvalue weighted by atomic mass is 16.6. The molecule has 2 unspecified atom stereocenters. The number of nitrogens with one attached hydrogen (secondary N) is 2. The van der Waals surface area contributed by atoms with Crippen LogP contribution in [0.3, 0.4) is 0 Å². The van der Waals surface area contributed by atoms with Gasteiger partial charge in [0.15, 0.2) is 0 Å². The van der Waals surface area contributed by atoms with Crippen LogP contribution in [0.5, 0.6) is 5.75 Å². The molecule has 0 bridgehead atoms. The summed E-state index contributed by atoms with van der Waals surface area (Å²) in [6.07, 6.45) is -0.782. The molecule has 1 rings (SSSR count). The lowest BCUT2D eigenvalue weighted by Gasteiger charge is -2.35. The summed E-state index contributed by atoms with van der Waals surface area (Å²) in [7, 11) is 0. The summed E-state index contributed by atoms with van der Waals surface area (Å²) in [5.41, 5.74) is -1.15. The Morgan fingerprint density at radius 2 is 1.68 bits per heavy atom. The maximum absolute atomic E-state index is 13.2. The minimum atomic E-state index is -1.22. The second-order valence-corrected chi connectivity index (χ2v) is 9.32. The number of aliphatic hydroxyl groups excluding tert-OH is 1. The van der Waals surface area contributed by atoms with Crippen LogP contribution < -0.4 is 10.6 Å². The van der Waals surface area contributed by atoms with E-state index in [9.17, 15) is 24.6 Å². The number of ether oxygens (including phenoxy) is 1. The fraction of sp³-hybridized carbons (Fsp3) is 0.591. The average Bonchev–Trinajstić information content (AvgIpc) is 2.58. The van der Waals surface area contributed by atoms with Gasteiger partial charge in [0.2, 0.25) is 11.8 Å². The number of phenolic OH excluding ortho intramolecular Hbond substituents is 1. The number of hydrogen-bond donors (Lipinski definition) is 4. The zero-order chi connectivity index (χ0) is 24.0. The molecule has 0 aliphatic rings. The number of para-hydroxylation sites is 1. The molecule has 0 spiro atoms. The van der Waals surface area contributed by atoms with E-state index in [-0.39, 0.29) is 17.9 Å². The molecule has 174 valence electrons. The molecule has 9 heteroatoms. The molecule has 0 aliphatic heterocycles. The Bertz CT molecular complexity index is 782. The SMILES string of the molecule is CC(NC(=O)OC(C)(C)C)C(=O)N(CCO)C(C(=O)NC(C)(C)C)c1ccccc1O. The van der Waals surface area contributed by atoms with Crippen LogP contribution in [-0.2, 0) is 14.3 Å². The summed E-state index contributed by atoms with van der Waals surface area (Å²) >= 11 is 0. The Balaban J connectivity index is 3.29. The third kappa shape index (κ3) is 8.45. The van der Waals surface area contributed by atoms with Crippen molar-refractivity contribution in [3.63, 3.8) is 0 Å². The lowest BCUT2D eigenvalue weighted by atomic mass is 10.00. The molecule has 0 saturated carbocycles. The largest absolute Gasteiger partial charge is 0.508 e. The quantitative estimate of drug-likeness (QED) is 0.517. The Labute approximate surface area is 183 Å². The molecule has 1 aromatic carbocycles. The first-order valence-electron chi connectivity index (χ1n) is 10.2. The van der Waals surface area contributed by atoms with Gasteiger partial charge in [0.25, 0.3) is 0 Å². The summed E-state index contributed by atoms with van der Waals surface area (Å²) in [6, 6.07) is 3.92. The molecule has 0 radical (unpaired) electrons. The highest BCUT2D eigenvalue weighted by Crippen LogP contribution is 2.30. The predicted octanol–water partition coefficient (Wildman–Crippen LogP) is 2.08. The standard InChI is InChI=1S/C22H35N3O6/c1-14(23-20(30)31-22(5,6)7)19(29)25(12-13-26)17(18(28)24-21(2,3)4)15-10-8-9-11-16(15)27/h8-11,14,17,26-27H,12-13H2,1-7H3,(H,23,30)(H,24,28). The number of rotatable bonds is 7. The number of nitrogens with zero attached hydrogens (tertiary/aromatic N) is 1. The number of carbonyl (C=O) groups is 3. The van der Waals surface area contributed by atoms with Crippen LogP contribution in [0.1, 0.15) is 60.1 Å². The average molecular weight is 438 g/mol. The van der Waals surface area contributed by atoms with Crippen molar-refractivity contribution < 1.29 is 29.3 Å². The first-order chi connectivity index (χ1) is 14.2. The number of carbonyl (C=O) groups excluding carboxylic acids is 3. The minimum absolute atomic E-state index is 0.167. The van der Waals surface area contributed by atoms with Crippen LogP contribution in [0.15, 0.2) is 24.3 Å². The lowest BCUT2D eigenvalue weighted by Crippen LogP contribution is -2.54. The molecule has 9 nitrogen and oxygen atoms in total. The van der Waals surface area contributed by atoms with E-state index in [0.717, 1.165) is 4.90 Å². The first-order valence-corrected chi connectivity index (χ1v) is 10.2. The predicted molar refractivity (Wildman–Crippen MR) is 116 cm³/mol. The third-order valence-electron chi connectivity index (χ3n) is 4.02. The van der Waals surface area contributed by atoms with Gasteiger partial charge in [-0.25, -0.2) is 4.79 Å². The fourth-order valence-corrected chi connectivity index (χ4v) is 2.88. The van der Waals surface area contributed by atoms with Crippen molar-refractivity contribution in [2.45, 2.75) is 71.7 Å². The molecule has 0 aromatic heterocycles. The van der Waals surface area contributed by atoms with Crippen LogP contribution in [0.25, 0.3) is 0 Å². The summed E-state index contributed by atoms with van der Waals surface area (Å²) in [4.78, 5) is 39.6. The van der Waals surface area contributed by atoms with E-state index in [2.05, 4.69) is 10.6 Å². The van der Waals surface area contributed by atoms with Crippen LogP contribution in [0.4, 0.5) is 4.79 Å². The zero-order valence-electron chi connectivity index (χ0n) is 19.4.